The summed E-state index contributed by atoms with van der Waals surface area (Å²) in [5.74, 6) is 0.868. The Morgan fingerprint density at radius 3 is 2.54 bits per heavy atom. The molecule has 0 spiro atoms. The first-order valence-corrected chi connectivity index (χ1v) is 6.06. The van der Waals surface area contributed by atoms with Gasteiger partial charge in [-0.1, -0.05) is 39.5 Å². The minimum absolute atomic E-state index is 0.841. The fourth-order valence-electron chi connectivity index (χ4n) is 2.27. The van der Waals surface area contributed by atoms with Gasteiger partial charge in [0.15, 0.2) is 0 Å². The van der Waals surface area contributed by atoms with E-state index in [1.54, 1.807) is 0 Å². The van der Waals surface area contributed by atoms with E-state index in [-0.39, 0.29) is 0 Å². The van der Waals surface area contributed by atoms with Crippen molar-refractivity contribution in [2.75, 3.05) is 6.54 Å². The Labute approximate surface area is 83.3 Å². The predicted molar refractivity (Wildman–Crippen MR) is 58.9 cm³/mol. The maximum Gasteiger partial charge on any atom is 0.00671 e. The van der Waals surface area contributed by atoms with Gasteiger partial charge in [0.25, 0.3) is 0 Å². The maximum atomic E-state index is 3.71. The number of hydrogen-bond donors (Lipinski definition) is 1. The minimum Gasteiger partial charge on any atom is -0.314 e. The van der Waals surface area contributed by atoms with Gasteiger partial charge in [-0.2, -0.15) is 0 Å². The lowest BCUT2D eigenvalue weighted by Gasteiger charge is -2.24. The highest BCUT2D eigenvalue weighted by molar-refractivity contribution is 4.72. The van der Waals surface area contributed by atoms with Crippen molar-refractivity contribution in [3.63, 3.8) is 0 Å². The van der Waals surface area contributed by atoms with Crippen LogP contribution in [-0.2, 0) is 0 Å². The molecular formula is C12H25N. The van der Waals surface area contributed by atoms with Crippen LogP contribution in [0.1, 0.15) is 58.8 Å². The maximum absolute atomic E-state index is 3.71. The molecule has 1 atom stereocenters. The molecule has 78 valence electrons. The monoisotopic (exact) mass is 183 g/mol. The molecule has 1 fully saturated rings. The molecular weight excluding hydrogens is 158 g/mol. The molecule has 1 heteroatoms. The van der Waals surface area contributed by atoms with Crippen LogP contribution in [0.15, 0.2) is 0 Å². The van der Waals surface area contributed by atoms with Gasteiger partial charge in [-0.3, -0.25) is 0 Å². The third-order valence-electron chi connectivity index (χ3n) is 3.14. The zero-order valence-corrected chi connectivity index (χ0v) is 9.31. The normalized spacial score (nSPS) is 21.7. The van der Waals surface area contributed by atoms with E-state index in [0.717, 1.165) is 12.0 Å². The lowest BCUT2D eigenvalue weighted by atomic mass is 9.95. The second-order valence-electron chi connectivity index (χ2n) is 4.64. The highest BCUT2D eigenvalue weighted by atomic mass is 14.9. The topological polar surface area (TPSA) is 12.0 Å². The highest BCUT2D eigenvalue weighted by Crippen LogP contribution is 2.17. The van der Waals surface area contributed by atoms with Crippen LogP contribution in [0.2, 0.25) is 0 Å². The molecule has 1 aliphatic carbocycles. The molecule has 0 saturated heterocycles. The molecule has 1 N–H and O–H groups in total. The summed E-state index contributed by atoms with van der Waals surface area (Å²) in [5.41, 5.74) is 0. The number of nitrogens with one attached hydrogen (secondary N) is 1. The quantitative estimate of drug-likeness (QED) is 0.689. The minimum atomic E-state index is 0.841. The molecule has 0 amide bonds. The third kappa shape index (κ3) is 4.66. The van der Waals surface area contributed by atoms with E-state index in [0.29, 0.717) is 0 Å². The summed E-state index contributed by atoms with van der Waals surface area (Å²) in [4.78, 5) is 0. The molecule has 0 aromatic carbocycles. The molecule has 1 nitrogen and oxygen atoms in total. The summed E-state index contributed by atoms with van der Waals surface area (Å²) in [6.45, 7) is 5.87. The van der Waals surface area contributed by atoms with Crippen LogP contribution in [-0.4, -0.2) is 12.6 Å². The zero-order valence-electron chi connectivity index (χ0n) is 9.31. The van der Waals surface area contributed by atoms with Crippen LogP contribution in [0.5, 0.6) is 0 Å². The van der Waals surface area contributed by atoms with E-state index in [9.17, 15) is 0 Å². The Morgan fingerprint density at radius 2 is 1.92 bits per heavy atom. The van der Waals surface area contributed by atoms with Crippen molar-refractivity contribution >= 4 is 0 Å². The SMILES string of the molecule is CCCC(C)CNC1CCCCC1. The van der Waals surface area contributed by atoms with E-state index >= 15 is 0 Å². The van der Waals surface area contributed by atoms with Crippen molar-refractivity contribution < 1.29 is 0 Å². The van der Waals surface area contributed by atoms with Crippen molar-refractivity contribution in [3.05, 3.63) is 0 Å². The average Bonchev–Trinajstić information content (AvgIpc) is 2.17. The van der Waals surface area contributed by atoms with Gasteiger partial charge in [0.2, 0.25) is 0 Å². The second kappa shape index (κ2) is 6.42. The third-order valence-corrected chi connectivity index (χ3v) is 3.14. The van der Waals surface area contributed by atoms with Crippen molar-refractivity contribution in [2.45, 2.75) is 64.8 Å². The van der Waals surface area contributed by atoms with Gasteiger partial charge in [0, 0.05) is 6.04 Å². The Kier molecular flexibility index (Phi) is 5.45. The Balaban J connectivity index is 2.03. The van der Waals surface area contributed by atoms with Crippen LogP contribution in [0.4, 0.5) is 0 Å². The lowest BCUT2D eigenvalue weighted by molar-refractivity contribution is 0.346. The van der Waals surface area contributed by atoms with E-state index in [2.05, 4.69) is 19.2 Å². The van der Waals surface area contributed by atoms with E-state index < -0.39 is 0 Å². The zero-order chi connectivity index (χ0) is 9.52. The molecule has 0 bridgehead atoms. The van der Waals surface area contributed by atoms with E-state index in [4.69, 9.17) is 0 Å². The van der Waals surface area contributed by atoms with Gasteiger partial charge in [-0.15, -0.1) is 0 Å². The molecule has 0 aromatic rings. The molecule has 1 aliphatic rings. The molecule has 0 radical (unpaired) electrons. The fraction of sp³-hybridized carbons (Fsp3) is 1.00. The van der Waals surface area contributed by atoms with Crippen LogP contribution >= 0.6 is 0 Å². The van der Waals surface area contributed by atoms with Crippen molar-refractivity contribution in [2.24, 2.45) is 5.92 Å². The lowest BCUT2D eigenvalue weighted by Crippen LogP contribution is -2.34. The average molecular weight is 183 g/mol. The summed E-state index contributed by atoms with van der Waals surface area (Å²) >= 11 is 0. The smallest absolute Gasteiger partial charge is 0.00671 e. The summed E-state index contributed by atoms with van der Waals surface area (Å²) in [5, 5.41) is 3.71. The van der Waals surface area contributed by atoms with Gasteiger partial charge in [-0.05, 0) is 31.7 Å². The molecule has 13 heavy (non-hydrogen) atoms. The van der Waals surface area contributed by atoms with Crippen LogP contribution in [0.25, 0.3) is 0 Å². The molecule has 0 heterocycles. The van der Waals surface area contributed by atoms with Crippen LogP contribution < -0.4 is 5.32 Å². The number of rotatable bonds is 5. The molecule has 0 aromatic heterocycles. The van der Waals surface area contributed by atoms with Gasteiger partial charge in [0.05, 0.1) is 0 Å². The molecule has 1 rings (SSSR count). The molecule has 1 saturated carbocycles. The molecule has 1 unspecified atom stereocenters. The highest BCUT2D eigenvalue weighted by Gasteiger charge is 2.12. The first-order valence-electron chi connectivity index (χ1n) is 6.06. The van der Waals surface area contributed by atoms with E-state index in [1.807, 2.05) is 0 Å². The van der Waals surface area contributed by atoms with Crippen LogP contribution in [0.3, 0.4) is 0 Å². The fourth-order valence-corrected chi connectivity index (χ4v) is 2.27. The van der Waals surface area contributed by atoms with E-state index in [1.165, 1.54) is 51.5 Å². The Hall–Kier alpha value is -0.0400. The Morgan fingerprint density at radius 1 is 1.23 bits per heavy atom. The van der Waals surface area contributed by atoms with Gasteiger partial charge >= 0.3 is 0 Å². The summed E-state index contributed by atoms with van der Waals surface area (Å²) in [6.07, 6.45) is 9.88. The van der Waals surface area contributed by atoms with Crippen molar-refractivity contribution in [1.29, 1.82) is 0 Å². The van der Waals surface area contributed by atoms with Gasteiger partial charge in [-0.25, -0.2) is 0 Å². The van der Waals surface area contributed by atoms with Crippen LogP contribution in [0, 0.1) is 5.92 Å². The predicted octanol–water partition coefficient (Wildman–Crippen LogP) is 3.34. The second-order valence-corrected chi connectivity index (χ2v) is 4.64. The first kappa shape index (κ1) is 11.0. The van der Waals surface area contributed by atoms with Crippen molar-refractivity contribution in [1.82, 2.24) is 5.32 Å². The van der Waals surface area contributed by atoms with Crippen molar-refractivity contribution in [3.8, 4) is 0 Å². The largest absolute Gasteiger partial charge is 0.314 e. The van der Waals surface area contributed by atoms with Gasteiger partial charge < -0.3 is 5.32 Å². The first-order chi connectivity index (χ1) is 6.33. The molecule has 0 aliphatic heterocycles. The summed E-state index contributed by atoms with van der Waals surface area (Å²) in [6, 6.07) is 0.841. The Bertz CT molecular complexity index is 116. The number of hydrogen-bond acceptors (Lipinski definition) is 1. The summed E-state index contributed by atoms with van der Waals surface area (Å²) in [7, 11) is 0. The summed E-state index contributed by atoms with van der Waals surface area (Å²) < 4.78 is 0. The standard InChI is InChI=1S/C12H25N/c1-3-7-11(2)10-13-12-8-5-4-6-9-12/h11-13H,3-10H2,1-2H3. The van der Waals surface area contributed by atoms with Gasteiger partial charge in [0.1, 0.15) is 0 Å².